The summed E-state index contributed by atoms with van der Waals surface area (Å²) in [5.41, 5.74) is 12.9. The quantitative estimate of drug-likeness (QED) is 0.0585. The Morgan fingerprint density at radius 1 is 0.967 bits per heavy atom. The molecule has 2 aliphatic heterocycles. The molecule has 10 nitrogen and oxygen atoms in total. The Labute approximate surface area is 354 Å². The van der Waals surface area contributed by atoms with Crippen LogP contribution in [0.15, 0.2) is 102 Å². The number of nitrogens with two attached hydrogens (primary N) is 1. The number of esters is 1. The number of fused-ring (bicyclic) bond motifs is 5. The number of nitrogens with one attached hydrogen (secondary N) is 2. The number of carbonyl (C=O) groups is 2. The summed E-state index contributed by atoms with van der Waals surface area (Å²) in [4.78, 5) is 45.7. The Hall–Kier alpha value is -6.01. The topological polar surface area (TPSA) is 149 Å². The number of halogens is 1. The van der Waals surface area contributed by atoms with Crippen LogP contribution in [0.1, 0.15) is 101 Å². The van der Waals surface area contributed by atoms with Gasteiger partial charge in [-0.2, -0.15) is 0 Å². The van der Waals surface area contributed by atoms with Crippen molar-refractivity contribution in [1.82, 2.24) is 20.2 Å². The van der Waals surface area contributed by atoms with Crippen molar-refractivity contribution in [3.63, 3.8) is 0 Å². The summed E-state index contributed by atoms with van der Waals surface area (Å²) in [6.07, 6.45) is 2.98. The second kappa shape index (κ2) is 15.8. The molecule has 61 heavy (non-hydrogen) atoms. The molecule has 9 rings (SSSR count). The maximum Gasteiger partial charge on any atom is 0.343 e. The summed E-state index contributed by atoms with van der Waals surface area (Å²) in [5.74, 6) is -1.47. The Morgan fingerprint density at radius 3 is 2.31 bits per heavy atom. The first kappa shape index (κ1) is 40.4. The van der Waals surface area contributed by atoms with Crippen LogP contribution in [0.2, 0.25) is 0 Å². The van der Waals surface area contributed by atoms with Gasteiger partial charge in [0, 0.05) is 22.6 Å². The van der Waals surface area contributed by atoms with Gasteiger partial charge in [0.2, 0.25) is 5.91 Å². The zero-order valence-electron chi connectivity index (χ0n) is 34.7. The van der Waals surface area contributed by atoms with Crippen molar-refractivity contribution in [3.8, 4) is 11.4 Å². The molecule has 0 spiro atoms. The highest BCUT2D eigenvalue weighted by Crippen LogP contribution is 2.46. The van der Waals surface area contributed by atoms with Crippen molar-refractivity contribution in [1.29, 1.82) is 0 Å². The third kappa shape index (κ3) is 6.66. The Morgan fingerprint density at radius 2 is 1.64 bits per heavy atom. The number of cyclic esters (lactones) is 1. The minimum absolute atomic E-state index is 0.0132. The summed E-state index contributed by atoms with van der Waals surface area (Å²) in [6, 6.07) is 31.4. The first-order valence-corrected chi connectivity index (χ1v) is 21.3. The molecule has 6 aromatic rings. The number of carbonyl (C=O) groups excluding carboxylic acids is 2. The van der Waals surface area contributed by atoms with Crippen LogP contribution >= 0.6 is 0 Å². The second-order valence-corrected chi connectivity index (χ2v) is 16.8. The van der Waals surface area contributed by atoms with Gasteiger partial charge in [0.15, 0.2) is 5.60 Å². The van der Waals surface area contributed by atoms with Crippen LogP contribution in [0.5, 0.6) is 0 Å². The number of ether oxygens (including phenoxy) is 1. The van der Waals surface area contributed by atoms with E-state index in [0.29, 0.717) is 54.7 Å². The number of unbranched alkanes of at least 4 members (excludes halogenated alkanes) is 1. The van der Waals surface area contributed by atoms with E-state index in [9.17, 15) is 19.5 Å². The van der Waals surface area contributed by atoms with Crippen molar-refractivity contribution < 1.29 is 23.8 Å². The minimum atomic E-state index is -1.98. The van der Waals surface area contributed by atoms with E-state index >= 15 is 4.39 Å². The average molecular weight is 820 g/mol. The number of hydrogen-bond donors (Lipinski definition) is 4. The van der Waals surface area contributed by atoms with Gasteiger partial charge in [-0.1, -0.05) is 104 Å². The normalized spacial score (nSPS) is 18.3. The van der Waals surface area contributed by atoms with Crippen molar-refractivity contribution in [2.75, 3.05) is 6.54 Å². The zero-order chi connectivity index (χ0) is 42.6. The number of aromatic nitrogens is 2. The third-order valence-electron chi connectivity index (χ3n) is 13.3. The molecule has 4 aromatic carbocycles. The van der Waals surface area contributed by atoms with E-state index in [1.165, 1.54) is 11.6 Å². The van der Waals surface area contributed by atoms with Crippen molar-refractivity contribution in [2.45, 2.75) is 95.7 Å². The fraction of sp³-hybridized carbons (Fsp3) is 0.320. The van der Waals surface area contributed by atoms with Crippen LogP contribution in [0.25, 0.3) is 22.3 Å². The van der Waals surface area contributed by atoms with Gasteiger partial charge in [-0.05, 0) is 91.9 Å². The molecular formula is C50H50FN5O5. The highest BCUT2D eigenvalue weighted by molar-refractivity contribution is 5.94. The largest absolute Gasteiger partial charge is 0.458 e. The van der Waals surface area contributed by atoms with Crippen LogP contribution in [0, 0.1) is 19.7 Å². The fourth-order valence-corrected chi connectivity index (χ4v) is 9.86. The monoisotopic (exact) mass is 819 g/mol. The van der Waals surface area contributed by atoms with Crippen molar-refractivity contribution in [3.05, 3.63) is 169 Å². The SMILES string of the molecule is CC[C@@]1(O)C(=O)OCc2c1cc1n(c2=O)Cc2c-1nc1cc(F)c(C)c3c1c2[C@@H](NC(=O)C(N)CCCCNC(c1ccccc1)(c1ccccc1)c1ccc(C)cc1)CC3. The lowest BCUT2D eigenvalue weighted by atomic mass is 9.76. The van der Waals surface area contributed by atoms with E-state index in [-0.39, 0.29) is 48.0 Å². The molecule has 0 saturated heterocycles. The Kier molecular flexibility index (Phi) is 10.5. The van der Waals surface area contributed by atoms with E-state index in [4.69, 9.17) is 15.5 Å². The van der Waals surface area contributed by atoms with Gasteiger partial charge in [0.25, 0.3) is 5.56 Å². The smallest absolute Gasteiger partial charge is 0.343 e. The molecule has 1 unspecified atom stereocenters. The van der Waals surface area contributed by atoms with Gasteiger partial charge in [-0.3, -0.25) is 14.9 Å². The van der Waals surface area contributed by atoms with E-state index in [1.54, 1.807) is 24.5 Å². The van der Waals surface area contributed by atoms with Gasteiger partial charge in [-0.25, -0.2) is 14.2 Å². The third-order valence-corrected chi connectivity index (χ3v) is 13.3. The number of pyridine rings is 2. The number of nitrogens with zero attached hydrogens (tertiary/aromatic N) is 2. The molecule has 0 bridgehead atoms. The summed E-state index contributed by atoms with van der Waals surface area (Å²) in [5, 5.41) is 19.4. The van der Waals surface area contributed by atoms with Gasteiger partial charge in [0.1, 0.15) is 12.4 Å². The van der Waals surface area contributed by atoms with Crippen LogP contribution in [0.3, 0.4) is 0 Å². The fourth-order valence-electron chi connectivity index (χ4n) is 9.86. The first-order valence-electron chi connectivity index (χ1n) is 21.3. The predicted octanol–water partition coefficient (Wildman–Crippen LogP) is 7.02. The molecule has 1 aliphatic carbocycles. The molecule has 11 heteroatoms. The summed E-state index contributed by atoms with van der Waals surface area (Å²) >= 11 is 0. The second-order valence-electron chi connectivity index (χ2n) is 16.8. The summed E-state index contributed by atoms with van der Waals surface area (Å²) in [7, 11) is 0. The lowest BCUT2D eigenvalue weighted by Crippen LogP contribution is -2.45. The molecule has 3 aliphatic rings. The molecule has 0 fully saturated rings. The average Bonchev–Trinajstić information content (AvgIpc) is 3.65. The van der Waals surface area contributed by atoms with E-state index in [0.717, 1.165) is 45.2 Å². The Balaban J connectivity index is 0.962. The minimum Gasteiger partial charge on any atom is -0.458 e. The van der Waals surface area contributed by atoms with E-state index < -0.39 is 29.2 Å². The molecule has 2 aromatic heterocycles. The van der Waals surface area contributed by atoms with E-state index in [2.05, 4.69) is 90.4 Å². The molecule has 1 amide bonds. The van der Waals surface area contributed by atoms with Gasteiger partial charge in [-0.15, -0.1) is 0 Å². The zero-order valence-corrected chi connectivity index (χ0v) is 34.7. The lowest BCUT2D eigenvalue weighted by molar-refractivity contribution is -0.172. The highest BCUT2D eigenvalue weighted by Gasteiger charge is 2.46. The summed E-state index contributed by atoms with van der Waals surface area (Å²) in [6.45, 7) is 6.08. The van der Waals surface area contributed by atoms with Crippen LogP contribution in [-0.4, -0.2) is 39.1 Å². The van der Waals surface area contributed by atoms with Crippen molar-refractivity contribution in [2.24, 2.45) is 5.73 Å². The maximum atomic E-state index is 15.4. The molecule has 312 valence electrons. The molecule has 3 atom stereocenters. The Bertz CT molecular complexity index is 2720. The molecule has 4 heterocycles. The predicted molar refractivity (Wildman–Crippen MR) is 232 cm³/mol. The maximum absolute atomic E-state index is 15.4. The highest BCUT2D eigenvalue weighted by atomic mass is 19.1. The van der Waals surface area contributed by atoms with Crippen molar-refractivity contribution >= 4 is 22.8 Å². The number of rotatable bonds is 12. The van der Waals surface area contributed by atoms with Gasteiger partial charge in [0.05, 0.1) is 46.6 Å². The van der Waals surface area contributed by atoms with E-state index in [1.807, 2.05) is 12.1 Å². The number of aryl methyl sites for hydroxylation is 2. The molecule has 5 N–H and O–H groups in total. The van der Waals surface area contributed by atoms with Crippen LogP contribution in [0.4, 0.5) is 4.39 Å². The number of benzene rings is 4. The molecule has 0 radical (unpaired) electrons. The van der Waals surface area contributed by atoms with Gasteiger partial charge < -0.3 is 25.5 Å². The molecular weight excluding hydrogens is 770 g/mol. The van der Waals surface area contributed by atoms with Gasteiger partial charge >= 0.3 is 5.97 Å². The lowest BCUT2D eigenvalue weighted by Gasteiger charge is -2.37. The van der Waals surface area contributed by atoms with Crippen LogP contribution < -0.4 is 21.9 Å². The molecule has 0 saturated carbocycles. The summed E-state index contributed by atoms with van der Waals surface area (Å²) < 4.78 is 22.3. The number of hydrogen-bond acceptors (Lipinski definition) is 8. The first-order chi connectivity index (χ1) is 29.5. The number of amides is 1. The van der Waals surface area contributed by atoms with Crippen LogP contribution in [-0.2, 0) is 45.0 Å². The number of aliphatic hydroxyl groups is 1. The standard InChI is InChI=1S/C50H50FN5O5/c1-4-49(60)37-25-42-45-35(27-56(42)47(58)36(37)28-61-48(49)59)44-40(23-22-34-30(3)38(51)26-41(54-45)43(34)44)55-46(57)39(52)17-11-12-24-53-50(31-13-7-5-8-14-31,32-15-9-6-10-16-32)33-20-18-29(2)19-21-33/h5-10,13-16,18-21,25-26,39-40,53,60H,4,11-12,17,22-24,27-28,52H2,1-3H3,(H,55,57)/t39?,40-,49-/m0/s1.